The second-order valence-corrected chi connectivity index (χ2v) is 8.86. The highest BCUT2D eigenvalue weighted by molar-refractivity contribution is 6.37. The van der Waals surface area contributed by atoms with E-state index in [9.17, 15) is 9.59 Å². The van der Waals surface area contributed by atoms with E-state index in [1.165, 1.54) is 18.4 Å². The molecule has 0 aromatic heterocycles. The van der Waals surface area contributed by atoms with E-state index in [4.69, 9.17) is 4.74 Å². The third kappa shape index (κ3) is 4.98. The van der Waals surface area contributed by atoms with Gasteiger partial charge in [0.1, 0.15) is 0 Å². The lowest BCUT2D eigenvalue weighted by Crippen LogP contribution is -2.18. The van der Waals surface area contributed by atoms with Crippen molar-refractivity contribution in [1.82, 2.24) is 4.90 Å². The van der Waals surface area contributed by atoms with Crippen molar-refractivity contribution in [3.05, 3.63) is 95.1 Å². The fraction of sp³-hybridized carbons (Fsp3) is 0.241. The van der Waals surface area contributed by atoms with Gasteiger partial charge in [-0.15, -0.1) is 0 Å². The van der Waals surface area contributed by atoms with Gasteiger partial charge in [0.25, 0.3) is 5.91 Å². The van der Waals surface area contributed by atoms with Crippen molar-refractivity contribution in [3.63, 3.8) is 0 Å². The molecule has 35 heavy (non-hydrogen) atoms. The third-order valence-electron chi connectivity index (χ3n) is 6.42. The molecule has 0 saturated carbocycles. The first-order valence-corrected chi connectivity index (χ1v) is 12.1. The van der Waals surface area contributed by atoms with Gasteiger partial charge < -0.3 is 15.4 Å². The molecule has 1 saturated heterocycles. The zero-order chi connectivity index (χ0) is 24.2. The first-order chi connectivity index (χ1) is 17.1. The summed E-state index contributed by atoms with van der Waals surface area (Å²) in [6.45, 7) is 5.36. The molecule has 0 atom stereocenters. The van der Waals surface area contributed by atoms with Crippen molar-refractivity contribution in [3.8, 4) is 0 Å². The Morgan fingerprint density at radius 2 is 1.71 bits per heavy atom. The summed E-state index contributed by atoms with van der Waals surface area (Å²) in [4.78, 5) is 27.8. The molecule has 2 N–H and O–H groups in total. The molecular weight excluding hydrogens is 438 g/mol. The fourth-order valence-electron chi connectivity index (χ4n) is 4.68. The molecule has 1 amide bonds. The predicted octanol–water partition coefficient (Wildman–Crippen LogP) is 5.39. The monoisotopic (exact) mass is 467 g/mol. The quantitative estimate of drug-likeness (QED) is 0.360. The Kier molecular flexibility index (Phi) is 6.64. The highest BCUT2D eigenvalue weighted by atomic mass is 16.5. The van der Waals surface area contributed by atoms with Crippen molar-refractivity contribution in [2.75, 3.05) is 30.3 Å². The number of fused-ring (bicyclic) bond motifs is 1. The fourth-order valence-corrected chi connectivity index (χ4v) is 4.68. The molecule has 3 aromatic rings. The minimum atomic E-state index is -0.405. The number of rotatable bonds is 7. The Morgan fingerprint density at radius 3 is 2.43 bits per heavy atom. The minimum absolute atomic E-state index is 0.210. The molecule has 2 heterocycles. The molecule has 0 bridgehead atoms. The average Bonchev–Trinajstić information content (AvgIpc) is 3.50. The highest BCUT2D eigenvalue weighted by Gasteiger charge is 2.29. The molecule has 3 aromatic carbocycles. The van der Waals surface area contributed by atoms with Gasteiger partial charge in [0.05, 0.1) is 29.1 Å². The van der Waals surface area contributed by atoms with Gasteiger partial charge in [0.15, 0.2) is 0 Å². The Morgan fingerprint density at radius 1 is 0.971 bits per heavy atom. The summed E-state index contributed by atoms with van der Waals surface area (Å²) in [7, 11) is 0. The molecule has 6 nitrogen and oxygen atoms in total. The Hall–Kier alpha value is -3.90. The second-order valence-electron chi connectivity index (χ2n) is 8.86. The molecule has 5 rings (SSSR count). The van der Waals surface area contributed by atoms with Crippen LogP contribution in [0.15, 0.2) is 72.8 Å². The molecule has 0 unspecified atom stereocenters. The van der Waals surface area contributed by atoms with Crippen LogP contribution in [0.3, 0.4) is 0 Å². The largest absolute Gasteiger partial charge is 0.462 e. The molecule has 0 spiro atoms. The van der Waals surface area contributed by atoms with Crippen molar-refractivity contribution in [2.24, 2.45) is 0 Å². The Labute approximate surface area is 205 Å². The van der Waals surface area contributed by atoms with Gasteiger partial charge in [-0.05, 0) is 68.2 Å². The summed E-state index contributed by atoms with van der Waals surface area (Å²) in [5.41, 5.74) is 6.12. The van der Waals surface area contributed by atoms with Crippen LogP contribution >= 0.6 is 0 Å². The average molecular weight is 468 g/mol. The second kappa shape index (κ2) is 10.2. The maximum atomic E-state index is 13.2. The van der Waals surface area contributed by atoms with Crippen molar-refractivity contribution >= 4 is 34.5 Å². The number of carbonyl (C=O) groups is 2. The van der Waals surface area contributed by atoms with Gasteiger partial charge in [-0.3, -0.25) is 9.69 Å². The smallest absolute Gasteiger partial charge is 0.338 e. The van der Waals surface area contributed by atoms with Crippen LogP contribution in [0.5, 0.6) is 0 Å². The van der Waals surface area contributed by atoms with Gasteiger partial charge in [-0.25, -0.2) is 4.79 Å². The lowest BCUT2D eigenvalue weighted by molar-refractivity contribution is -0.110. The summed E-state index contributed by atoms with van der Waals surface area (Å²) in [5.74, 6) is -0.615. The molecular formula is C29H29N3O3. The Balaban J connectivity index is 1.49. The standard InChI is InChI=1S/C29H29N3O3/c1-2-35-29(34)22-12-15-24-25(18-22)31-28(33)26(24)27(21-8-4-3-5-9-21)30-23-13-10-20(11-14-23)19-32-16-6-7-17-32/h3-5,8-15,18,30H,2,6-7,16-17,19H2,1H3,(H,31,33)/b27-26-. The van der Waals surface area contributed by atoms with E-state index in [1.54, 1.807) is 25.1 Å². The number of hydrogen-bond acceptors (Lipinski definition) is 5. The van der Waals surface area contributed by atoms with Crippen LogP contribution in [0, 0.1) is 0 Å². The SMILES string of the molecule is CCOC(=O)c1ccc2c(c1)NC(=O)/C2=C(\Nc1ccc(CN2CCCC2)cc1)c1ccccc1. The zero-order valence-corrected chi connectivity index (χ0v) is 19.8. The predicted molar refractivity (Wildman–Crippen MR) is 139 cm³/mol. The van der Waals surface area contributed by atoms with Crippen LogP contribution in [-0.2, 0) is 16.1 Å². The number of hydrogen-bond donors (Lipinski definition) is 2. The number of anilines is 2. The van der Waals surface area contributed by atoms with Gasteiger partial charge in [0.2, 0.25) is 0 Å². The van der Waals surface area contributed by atoms with Crippen LogP contribution in [0.25, 0.3) is 11.3 Å². The van der Waals surface area contributed by atoms with Crippen molar-refractivity contribution in [1.29, 1.82) is 0 Å². The number of benzene rings is 3. The van der Waals surface area contributed by atoms with Gasteiger partial charge in [-0.1, -0.05) is 48.5 Å². The van der Waals surface area contributed by atoms with Gasteiger partial charge in [-0.2, -0.15) is 0 Å². The summed E-state index contributed by atoms with van der Waals surface area (Å²) < 4.78 is 5.11. The number of amides is 1. The zero-order valence-electron chi connectivity index (χ0n) is 19.8. The molecule has 6 heteroatoms. The van der Waals surface area contributed by atoms with Gasteiger partial charge >= 0.3 is 5.97 Å². The number of carbonyl (C=O) groups excluding carboxylic acids is 2. The van der Waals surface area contributed by atoms with Crippen LogP contribution in [-0.4, -0.2) is 36.5 Å². The summed E-state index contributed by atoms with van der Waals surface area (Å²) in [6.07, 6.45) is 2.55. The van der Waals surface area contributed by atoms with Crippen molar-refractivity contribution < 1.29 is 14.3 Å². The van der Waals surface area contributed by atoms with Crippen LogP contribution in [0.1, 0.15) is 46.8 Å². The Bertz CT molecular complexity index is 1260. The van der Waals surface area contributed by atoms with Crippen molar-refractivity contribution in [2.45, 2.75) is 26.3 Å². The first-order valence-electron chi connectivity index (χ1n) is 12.1. The number of likely N-dealkylation sites (tertiary alicyclic amines) is 1. The first kappa shape index (κ1) is 22.9. The van der Waals surface area contributed by atoms with E-state index in [-0.39, 0.29) is 5.91 Å². The maximum Gasteiger partial charge on any atom is 0.338 e. The molecule has 1 fully saturated rings. The molecule has 2 aliphatic heterocycles. The normalized spacial score (nSPS) is 16.5. The molecule has 0 radical (unpaired) electrons. The van der Waals surface area contributed by atoms with E-state index in [0.29, 0.717) is 23.4 Å². The van der Waals surface area contributed by atoms with Crippen LogP contribution in [0.4, 0.5) is 11.4 Å². The summed E-state index contributed by atoms with van der Waals surface area (Å²) in [6, 6.07) is 23.4. The molecule has 2 aliphatic rings. The number of nitrogens with one attached hydrogen (secondary N) is 2. The van der Waals surface area contributed by atoms with Crippen LogP contribution in [0.2, 0.25) is 0 Å². The lowest BCUT2D eigenvalue weighted by Gasteiger charge is -2.17. The topological polar surface area (TPSA) is 70.7 Å². The molecule has 0 aliphatic carbocycles. The highest BCUT2D eigenvalue weighted by Crippen LogP contribution is 2.38. The summed E-state index contributed by atoms with van der Waals surface area (Å²) in [5, 5.41) is 6.42. The van der Waals surface area contributed by atoms with Gasteiger partial charge in [0, 0.05) is 17.8 Å². The van der Waals surface area contributed by atoms with E-state index in [2.05, 4.69) is 39.8 Å². The maximum absolute atomic E-state index is 13.2. The van der Waals surface area contributed by atoms with E-state index >= 15 is 0 Å². The summed E-state index contributed by atoms with van der Waals surface area (Å²) >= 11 is 0. The number of esters is 1. The van der Waals surface area contributed by atoms with E-state index < -0.39 is 5.97 Å². The number of nitrogens with zero attached hydrogens (tertiary/aromatic N) is 1. The van der Waals surface area contributed by atoms with E-state index in [0.717, 1.165) is 42.1 Å². The van der Waals surface area contributed by atoms with Crippen LogP contribution < -0.4 is 10.6 Å². The minimum Gasteiger partial charge on any atom is -0.462 e. The number of ether oxygens (including phenoxy) is 1. The lowest BCUT2D eigenvalue weighted by atomic mass is 9.99. The van der Waals surface area contributed by atoms with E-state index in [1.807, 2.05) is 30.3 Å². The molecule has 178 valence electrons. The third-order valence-corrected chi connectivity index (χ3v) is 6.42.